The van der Waals surface area contributed by atoms with Crippen molar-refractivity contribution in [2.24, 2.45) is 0 Å². The van der Waals surface area contributed by atoms with Crippen molar-refractivity contribution in [2.75, 3.05) is 0 Å². The second kappa shape index (κ2) is 4.20. The van der Waals surface area contributed by atoms with Crippen LogP contribution in [0.2, 0.25) is 0 Å². The third-order valence-electron chi connectivity index (χ3n) is 1.28. The van der Waals surface area contributed by atoms with Gasteiger partial charge in [0.05, 0.1) is 5.56 Å². The summed E-state index contributed by atoms with van der Waals surface area (Å²) in [4.78, 5) is 25.4. The number of hydrazine groups is 1. The Labute approximate surface area is 75.1 Å². The molecule has 0 saturated heterocycles. The fourth-order valence-corrected chi connectivity index (χ4v) is 0.714. The van der Waals surface area contributed by atoms with Crippen LogP contribution in [0.3, 0.4) is 0 Å². The molecular formula is C8H9N3O2. The number of hydrogen-bond donors (Lipinski definition) is 2. The average Bonchev–Trinajstić information content (AvgIpc) is 2.15. The maximum absolute atomic E-state index is 11.2. The van der Waals surface area contributed by atoms with E-state index in [4.69, 9.17) is 0 Å². The smallest absolute Gasteiger partial charge is 0.271 e. The van der Waals surface area contributed by atoms with Crippen molar-refractivity contribution in [3.63, 3.8) is 0 Å². The van der Waals surface area contributed by atoms with Crippen LogP contribution in [-0.2, 0) is 4.79 Å². The number of aromatic nitrogens is 1. The molecule has 68 valence electrons. The normalized spacial score (nSPS) is 9.00. The van der Waals surface area contributed by atoms with E-state index in [1.807, 2.05) is 0 Å². The van der Waals surface area contributed by atoms with Gasteiger partial charge in [-0.2, -0.15) is 0 Å². The zero-order chi connectivity index (χ0) is 9.68. The van der Waals surface area contributed by atoms with E-state index in [9.17, 15) is 9.59 Å². The average molecular weight is 179 g/mol. The molecule has 0 aliphatic heterocycles. The topological polar surface area (TPSA) is 71.1 Å². The molecule has 2 N–H and O–H groups in total. The molecular weight excluding hydrogens is 170 g/mol. The van der Waals surface area contributed by atoms with Crippen LogP contribution in [0.4, 0.5) is 0 Å². The van der Waals surface area contributed by atoms with E-state index >= 15 is 0 Å². The van der Waals surface area contributed by atoms with Gasteiger partial charge in [-0.3, -0.25) is 25.4 Å². The zero-order valence-electron chi connectivity index (χ0n) is 7.07. The van der Waals surface area contributed by atoms with E-state index in [0.717, 1.165) is 0 Å². The molecule has 1 rings (SSSR count). The number of nitrogens with zero attached hydrogens (tertiary/aromatic N) is 1. The molecule has 0 aromatic carbocycles. The van der Waals surface area contributed by atoms with E-state index < -0.39 is 0 Å². The van der Waals surface area contributed by atoms with E-state index in [2.05, 4.69) is 15.8 Å². The Morgan fingerprint density at radius 1 is 1.38 bits per heavy atom. The molecule has 0 spiro atoms. The highest BCUT2D eigenvalue weighted by atomic mass is 16.2. The monoisotopic (exact) mass is 179 g/mol. The molecule has 5 heteroatoms. The maximum Gasteiger partial charge on any atom is 0.271 e. The fourth-order valence-electron chi connectivity index (χ4n) is 0.714. The van der Waals surface area contributed by atoms with Crippen molar-refractivity contribution in [1.29, 1.82) is 0 Å². The summed E-state index contributed by atoms with van der Waals surface area (Å²) in [6, 6.07) is 3.24. The molecule has 1 heterocycles. The zero-order valence-corrected chi connectivity index (χ0v) is 7.07. The first kappa shape index (κ1) is 9.18. The summed E-state index contributed by atoms with van der Waals surface area (Å²) in [6.45, 7) is 1.31. The lowest BCUT2D eigenvalue weighted by Crippen LogP contribution is -2.40. The van der Waals surface area contributed by atoms with E-state index in [1.165, 1.54) is 13.1 Å². The Hall–Kier alpha value is -1.91. The number of carbonyl (C=O) groups is 2. The lowest BCUT2D eigenvalue weighted by molar-refractivity contribution is -0.119. The molecule has 0 aliphatic carbocycles. The quantitative estimate of drug-likeness (QED) is 0.589. The molecule has 0 fully saturated rings. The molecule has 0 atom stereocenters. The van der Waals surface area contributed by atoms with Gasteiger partial charge in [-0.05, 0) is 12.1 Å². The first-order valence-corrected chi connectivity index (χ1v) is 3.67. The van der Waals surface area contributed by atoms with Crippen LogP contribution in [0, 0.1) is 0 Å². The summed E-state index contributed by atoms with van der Waals surface area (Å²) < 4.78 is 0. The van der Waals surface area contributed by atoms with Crippen LogP contribution in [0.5, 0.6) is 0 Å². The highest BCUT2D eigenvalue weighted by Gasteiger charge is 2.03. The third kappa shape index (κ3) is 2.90. The number of hydrogen-bond acceptors (Lipinski definition) is 3. The van der Waals surface area contributed by atoms with Gasteiger partial charge in [-0.15, -0.1) is 0 Å². The van der Waals surface area contributed by atoms with Crippen molar-refractivity contribution in [2.45, 2.75) is 6.92 Å². The number of nitrogens with one attached hydrogen (secondary N) is 2. The Kier molecular flexibility index (Phi) is 2.97. The van der Waals surface area contributed by atoms with Gasteiger partial charge in [-0.25, -0.2) is 0 Å². The van der Waals surface area contributed by atoms with Crippen LogP contribution >= 0.6 is 0 Å². The molecule has 1 aromatic rings. The predicted octanol–water partition coefficient (Wildman–Crippen LogP) is -0.138. The van der Waals surface area contributed by atoms with Crippen molar-refractivity contribution in [3.8, 4) is 0 Å². The van der Waals surface area contributed by atoms with Crippen LogP contribution in [-0.4, -0.2) is 16.8 Å². The minimum Gasteiger partial charge on any atom is -0.274 e. The predicted molar refractivity (Wildman–Crippen MR) is 45.5 cm³/mol. The number of amides is 2. The Morgan fingerprint density at radius 3 is 2.69 bits per heavy atom. The standard InChI is InChI=1S/C8H9N3O2/c1-6(12)10-11-8(13)7-3-2-4-9-5-7/h2-5H,1H3,(H,10,12)(H,11,13). The first-order chi connectivity index (χ1) is 6.20. The molecule has 13 heavy (non-hydrogen) atoms. The van der Waals surface area contributed by atoms with Gasteiger partial charge in [-0.1, -0.05) is 0 Å². The highest BCUT2D eigenvalue weighted by molar-refractivity contribution is 5.94. The first-order valence-electron chi connectivity index (χ1n) is 3.67. The third-order valence-corrected chi connectivity index (χ3v) is 1.28. The molecule has 0 radical (unpaired) electrons. The van der Waals surface area contributed by atoms with Crippen molar-refractivity contribution < 1.29 is 9.59 Å². The van der Waals surface area contributed by atoms with Crippen molar-refractivity contribution in [3.05, 3.63) is 30.1 Å². The summed E-state index contributed by atoms with van der Waals surface area (Å²) in [7, 11) is 0. The molecule has 5 nitrogen and oxygen atoms in total. The Morgan fingerprint density at radius 2 is 2.15 bits per heavy atom. The van der Waals surface area contributed by atoms with Crippen LogP contribution < -0.4 is 10.9 Å². The van der Waals surface area contributed by atoms with Gasteiger partial charge in [0.1, 0.15) is 0 Å². The van der Waals surface area contributed by atoms with Crippen LogP contribution in [0.25, 0.3) is 0 Å². The second-order valence-corrected chi connectivity index (χ2v) is 2.38. The van der Waals surface area contributed by atoms with Crippen LogP contribution in [0.1, 0.15) is 17.3 Å². The van der Waals surface area contributed by atoms with Gasteiger partial charge in [0.25, 0.3) is 5.91 Å². The van der Waals surface area contributed by atoms with E-state index in [1.54, 1.807) is 18.3 Å². The molecule has 0 aliphatic rings. The fraction of sp³-hybridized carbons (Fsp3) is 0.125. The summed E-state index contributed by atoms with van der Waals surface area (Å²) in [5.74, 6) is -0.708. The largest absolute Gasteiger partial charge is 0.274 e. The summed E-state index contributed by atoms with van der Waals surface area (Å²) in [5.41, 5.74) is 4.80. The van der Waals surface area contributed by atoms with Gasteiger partial charge in [0.2, 0.25) is 5.91 Å². The van der Waals surface area contributed by atoms with Gasteiger partial charge >= 0.3 is 0 Å². The lowest BCUT2D eigenvalue weighted by Gasteiger charge is -2.03. The molecule has 0 bridgehead atoms. The Bertz CT molecular complexity index is 310. The molecule has 1 aromatic heterocycles. The van der Waals surface area contributed by atoms with Gasteiger partial charge in [0.15, 0.2) is 0 Å². The summed E-state index contributed by atoms with van der Waals surface area (Å²) in [6.07, 6.45) is 2.98. The van der Waals surface area contributed by atoms with Crippen molar-refractivity contribution >= 4 is 11.8 Å². The lowest BCUT2D eigenvalue weighted by atomic mass is 10.3. The second-order valence-electron chi connectivity index (χ2n) is 2.38. The molecule has 2 amide bonds. The van der Waals surface area contributed by atoms with Crippen molar-refractivity contribution in [1.82, 2.24) is 15.8 Å². The SMILES string of the molecule is CC(=O)NNC(=O)c1cccnc1. The molecule has 0 saturated carbocycles. The van der Waals surface area contributed by atoms with E-state index in [-0.39, 0.29) is 11.8 Å². The Balaban J connectivity index is 2.54. The molecule has 0 unspecified atom stereocenters. The summed E-state index contributed by atoms with van der Waals surface area (Å²) in [5, 5.41) is 0. The van der Waals surface area contributed by atoms with E-state index in [0.29, 0.717) is 5.56 Å². The number of rotatable bonds is 1. The van der Waals surface area contributed by atoms with Gasteiger partial charge in [0, 0.05) is 19.3 Å². The van der Waals surface area contributed by atoms with Gasteiger partial charge < -0.3 is 0 Å². The maximum atomic E-state index is 11.2. The number of carbonyl (C=O) groups excluding carboxylic acids is 2. The minimum atomic E-state index is -0.386. The highest BCUT2D eigenvalue weighted by Crippen LogP contribution is 1.93. The summed E-state index contributed by atoms with van der Waals surface area (Å²) >= 11 is 0. The number of pyridine rings is 1. The minimum absolute atomic E-state index is 0.322. The van der Waals surface area contributed by atoms with Crippen LogP contribution in [0.15, 0.2) is 24.5 Å².